The van der Waals surface area contributed by atoms with Crippen LogP contribution in [0.5, 0.6) is 0 Å². The molecule has 3 N–H and O–H groups in total. The highest BCUT2D eigenvalue weighted by atomic mass is 15.3. The zero-order valence-electron chi connectivity index (χ0n) is 12.2. The van der Waals surface area contributed by atoms with E-state index in [1.54, 1.807) is 0 Å². The van der Waals surface area contributed by atoms with Crippen LogP contribution in [0.2, 0.25) is 0 Å². The summed E-state index contributed by atoms with van der Waals surface area (Å²) in [5.41, 5.74) is 2.95. The number of rotatable bonds is 5. The zero-order valence-corrected chi connectivity index (χ0v) is 12.2. The quantitative estimate of drug-likeness (QED) is 0.552. The number of aryl methyl sites for hydroxylation is 1. The molecule has 108 valence electrons. The van der Waals surface area contributed by atoms with Gasteiger partial charge < -0.3 is 14.4 Å². The Labute approximate surface area is 115 Å². The third-order valence-corrected chi connectivity index (χ3v) is 4.12. The van der Waals surface area contributed by atoms with Crippen molar-refractivity contribution in [1.82, 2.24) is 24.8 Å². The van der Waals surface area contributed by atoms with E-state index >= 15 is 0 Å². The minimum absolute atomic E-state index is 0.264. The molecule has 1 saturated heterocycles. The Hall–Kier alpha value is -0.950. The molecule has 1 aromatic rings. The van der Waals surface area contributed by atoms with Crippen LogP contribution in [0.4, 0.5) is 0 Å². The van der Waals surface area contributed by atoms with Crippen LogP contribution in [-0.4, -0.2) is 65.2 Å². The number of nitrogens with one attached hydrogen (secondary N) is 1. The number of hydrogen-bond donors (Lipinski definition) is 2. The predicted molar refractivity (Wildman–Crippen MR) is 76.6 cm³/mol. The summed E-state index contributed by atoms with van der Waals surface area (Å²) in [5, 5.41) is 0. The monoisotopic (exact) mass is 266 g/mol. The summed E-state index contributed by atoms with van der Waals surface area (Å²) < 4.78 is 2.06. The molecule has 0 spiro atoms. The summed E-state index contributed by atoms with van der Waals surface area (Å²) in [5.74, 6) is 6.80. The molecule has 6 nitrogen and oxygen atoms in total. The van der Waals surface area contributed by atoms with E-state index in [9.17, 15) is 0 Å². The van der Waals surface area contributed by atoms with Crippen LogP contribution in [0.15, 0.2) is 12.4 Å². The van der Waals surface area contributed by atoms with Gasteiger partial charge in [0, 0.05) is 57.6 Å². The first kappa shape index (κ1) is 14.5. The lowest BCUT2D eigenvalue weighted by Gasteiger charge is -2.39. The van der Waals surface area contributed by atoms with Gasteiger partial charge in [0.15, 0.2) is 0 Å². The van der Waals surface area contributed by atoms with Crippen molar-refractivity contribution in [2.24, 2.45) is 12.9 Å². The van der Waals surface area contributed by atoms with E-state index in [0.29, 0.717) is 6.04 Å². The van der Waals surface area contributed by atoms with Gasteiger partial charge >= 0.3 is 0 Å². The fourth-order valence-corrected chi connectivity index (χ4v) is 2.71. The number of aromatic nitrogens is 2. The fraction of sp³-hybridized carbons (Fsp3) is 0.769. The van der Waals surface area contributed by atoms with Gasteiger partial charge in [-0.3, -0.25) is 11.3 Å². The number of likely N-dealkylation sites (N-methyl/N-ethyl adjacent to an activating group) is 2. The minimum Gasteiger partial charge on any atom is -0.338 e. The third-order valence-electron chi connectivity index (χ3n) is 4.12. The van der Waals surface area contributed by atoms with E-state index in [4.69, 9.17) is 5.84 Å². The average Bonchev–Trinajstić information content (AvgIpc) is 2.78. The molecule has 1 aliphatic heterocycles. The van der Waals surface area contributed by atoms with Crippen LogP contribution in [0.3, 0.4) is 0 Å². The first-order chi connectivity index (χ1) is 9.10. The molecule has 0 amide bonds. The van der Waals surface area contributed by atoms with Gasteiger partial charge in [-0.2, -0.15) is 0 Å². The Morgan fingerprint density at radius 1 is 1.42 bits per heavy atom. The van der Waals surface area contributed by atoms with E-state index in [-0.39, 0.29) is 6.04 Å². The summed E-state index contributed by atoms with van der Waals surface area (Å²) >= 11 is 0. The molecule has 2 rings (SSSR count). The highest BCUT2D eigenvalue weighted by Gasteiger charge is 2.25. The molecule has 2 unspecified atom stereocenters. The van der Waals surface area contributed by atoms with Crippen LogP contribution in [0.25, 0.3) is 0 Å². The van der Waals surface area contributed by atoms with Gasteiger partial charge in [0.2, 0.25) is 0 Å². The van der Waals surface area contributed by atoms with E-state index in [1.165, 1.54) is 0 Å². The molecular formula is C13H26N6. The SMILES string of the molecule is CN1CCN(C)C(CC(Cc2nccn2C)NN)C1. The molecule has 0 saturated carbocycles. The lowest BCUT2D eigenvalue weighted by atomic mass is 10.0. The first-order valence-electron chi connectivity index (χ1n) is 6.91. The molecule has 6 heteroatoms. The van der Waals surface area contributed by atoms with Gasteiger partial charge in [-0.1, -0.05) is 0 Å². The average molecular weight is 266 g/mol. The highest BCUT2D eigenvalue weighted by molar-refractivity contribution is 4.95. The summed E-state index contributed by atoms with van der Waals surface area (Å²) in [7, 11) is 6.41. The maximum Gasteiger partial charge on any atom is 0.109 e. The van der Waals surface area contributed by atoms with Gasteiger partial charge in [0.25, 0.3) is 0 Å². The topological polar surface area (TPSA) is 62.3 Å². The van der Waals surface area contributed by atoms with Crippen LogP contribution >= 0.6 is 0 Å². The van der Waals surface area contributed by atoms with Gasteiger partial charge in [-0.15, -0.1) is 0 Å². The summed E-state index contributed by atoms with van der Waals surface area (Å²) in [6, 6.07) is 0.820. The summed E-state index contributed by atoms with van der Waals surface area (Å²) in [6.07, 6.45) is 5.73. The van der Waals surface area contributed by atoms with Crippen molar-refractivity contribution >= 4 is 0 Å². The second-order valence-electron chi connectivity index (χ2n) is 5.65. The number of imidazole rings is 1. The van der Waals surface area contributed by atoms with Crippen molar-refractivity contribution in [3.8, 4) is 0 Å². The van der Waals surface area contributed by atoms with Crippen LogP contribution in [-0.2, 0) is 13.5 Å². The summed E-state index contributed by atoms with van der Waals surface area (Å²) in [4.78, 5) is 9.20. The minimum atomic E-state index is 0.264. The molecule has 19 heavy (non-hydrogen) atoms. The van der Waals surface area contributed by atoms with Crippen molar-refractivity contribution < 1.29 is 0 Å². The Morgan fingerprint density at radius 3 is 2.84 bits per heavy atom. The highest BCUT2D eigenvalue weighted by Crippen LogP contribution is 2.13. The van der Waals surface area contributed by atoms with Crippen molar-refractivity contribution in [2.75, 3.05) is 33.7 Å². The van der Waals surface area contributed by atoms with Gasteiger partial charge in [-0.05, 0) is 20.5 Å². The molecule has 2 heterocycles. The van der Waals surface area contributed by atoms with Crippen molar-refractivity contribution in [3.05, 3.63) is 18.2 Å². The number of hydrogen-bond acceptors (Lipinski definition) is 5. The number of piperazine rings is 1. The van der Waals surface area contributed by atoms with Crippen molar-refractivity contribution in [3.63, 3.8) is 0 Å². The van der Waals surface area contributed by atoms with Crippen LogP contribution < -0.4 is 11.3 Å². The van der Waals surface area contributed by atoms with Gasteiger partial charge in [-0.25, -0.2) is 4.98 Å². The Kier molecular flexibility index (Phi) is 4.93. The van der Waals surface area contributed by atoms with E-state index in [0.717, 1.165) is 38.3 Å². The Balaban J connectivity index is 1.93. The lowest BCUT2D eigenvalue weighted by molar-refractivity contribution is 0.101. The van der Waals surface area contributed by atoms with Crippen LogP contribution in [0, 0.1) is 0 Å². The molecule has 1 fully saturated rings. The molecule has 0 aliphatic carbocycles. The standard InChI is InChI=1S/C13H26N6/c1-17-6-7-18(2)12(10-17)8-11(16-14)9-13-15-4-5-19(13)3/h4-5,11-12,16H,6-10,14H2,1-3H3. The zero-order chi connectivity index (χ0) is 13.8. The van der Waals surface area contributed by atoms with Gasteiger partial charge in [0.05, 0.1) is 0 Å². The molecule has 0 aromatic carbocycles. The number of nitrogens with zero attached hydrogens (tertiary/aromatic N) is 4. The lowest BCUT2D eigenvalue weighted by Crippen LogP contribution is -2.53. The summed E-state index contributed by atoms with van der Waals surface area (Å²) in [6.45, 7) is 3.38. The first-order valence-corrected chi connectivity index (χ1v) is 6.91. The van der Waals surface area contributed by atoms with Crippen molar-refractivity contribution in [2.45, 2.75) is 24.9 Å². The molecule has 1 aliphatic rings. The van der Waals surface area contributed by atoms with Crippen LogP contribution in [0.1, 0.15) is 12.2 Å². The molecular weight excluding hydrogens is 240 g/mol. The maximum atomic E-state index is 5.72. The van der Waals surface area contributed by atoms with Gasteiger partial charge in [0.1, 0.15) is 5.82 Å². The van der Waals surface area contributed by atoms with E-state index < -0.39 is 0 Å². The predicted octanol–water partition coefficient (Wildman–Crippen LogP) is -0.570. The molecule has 2 atom stereocenters. The largest absolute Gasteiger partial charge is 0.338 e. The normalized spacial score (nSPS) is 23.7. The molecule has 0 bridgehead atoms. The smallest absolute Gasteiger partial charge is 0.109 e. The maximum absolute atomic E-state index is 5.72. The van der Waals surface area contributed by atoms with E-state index in [2.05, 4.69) is 38.9 Å². The molecule has 1 aromatic heterocycles. The Morgan fingerprint density at radius 2 is 2.21 bits per heavy atom. The third kappa shape index (κ3) is 3.76. The second kappa shape index (κ2) is 6.47. The van der Waals surface area contributed by atoms with Crippen molar-refractivity contribution in [1.29, 1.82) is 0 Å². The van der Waals surface area contributed by atoms with E-state index in [1.807, 2.05) is 19.4 Å². The Bertz CT molecular complexity index is 390. The molecule has 0 radical (unpaired) electrons. The number of hydrazine groups is 1. The second-order valence-corrected chi connectivity index (χ2v) is 5.65. The fourth-order valence-electron chi connectivity index (χ4n) is 2.71. The number of nitrogens with two attached hydrogens (primary N) is 1.